The van der Waals surface area contributed by atoms with Crippen LogP contribution in [-0.2, 0) is 4.79 Å². The van der Waals surface area contributed by atoms with Gasteiger partial charge in [-0.3, -0.25) is 19.5 Å². The highest BCUT2D eigenvalue weighted by Gasteiger charge is 2.16. The third-order valence-electron chi connectivity index (χ3n) is 3.56. The molecule has 0 aliphatic rings. The van der Waals surface area contributed by atoms with Crippen molar-refractivity contribution in [2.75, 3.05) is 10.6 Å². The molecule has 3 rings (SSSR count). The summed E-state index contributed by atoms with van der Waals surface area (Å²) in [7, 11) is 0. The van der Waals surface area contributed by atoms with Gasteiger partial charge in [0.05, 0.1) is 11.2 Å². The van der Waals surface area contributed by atoms with Gasteiger partial charge in [-0.2, -0.15) is 5.10 Å². The van der Waals surface area contributed by atoms with Crippen molar-refractivity contribution in [2.24, 2.45) is 0 Å². The maximum Gasteiger partial charge on any atom is 0.280 e. The first kappa shape index (κ1) is 17.0. The number of para-hydroxylation sites is 1. The standard InChI is InChI=1S/C18H13FN4O3/c1-2-15(24)21-14-9-10(7-8-12(14)19)20-18(26)16-17(25)11-5-3-4-6-13(11)22-23-16/h2-9H,1H2,(H,20,26)(H,21,24)(H,22,25). The Labute approximate surface area is 146 Å². The van der Waals surface area contributed by atoms with Crippen molar-refractivity contribution in [2.45, 2.75) is 0 Å². The van der Waals surface area contributed by atoms with Crippen molar-refractivity contribution in [3.05, 3.63) is 76.9 Å². The number of hydrogen-bond donors (Lipinski definition) is 3. The van der Waals surface area contributed by atoms with Gasteiger partial charge in [0.2, 0.25) is 11.3 Å². The minimum absolute atomic E-state index is 0.131. The highest BCUT2D eigenvalue weighted by molar-refractivity contribution is 6.05. The molecular weight excluding hydrogens is 339 g/mol. The zero-order valence-corrected chi connectivity index (χ0v) is 13.4. The Morgan fingerprint density at radius 2 is 1.92 bits per heavy atom. The highest BCUT2D eigenvalue weighted by atomic mass is 19.1. The van der Waals surface area contributed by atoms with E-state index in [0.717, 1.165) is 12.1 Å². The van der Waals surface area contributed by atoms with Crippen molar-refractivity contribution in [3.63, 3.8) is 0 Å². The Morgan fingerprint density at radius 3 is 2.69 bits per heavy atom. The van der Waals surface area contributed by atoms with Gasteiger partial charge in [-0.1, -0.05) is 18.7 Å². The minimum Gasteiger partial charge on any atom is -0.320 e. The smallest absolute Gasteiger partial charge is 0.280 e. The lowest BCUT2D eigenvalue weighted by molar-refractivity contribution is -0.111. The van der Waals surface area contributed by atoms with Crippen molar-refractivity contribution in [3.8, 4) is 0 Å². The molecule has 2 amide bonds. The van der Waals surface area contributed by atoms with Gasteiger partial charge in [-0.05, 0) is 36.4 Å². The molecule has 130 valence electrons. The summed E-state index contributed by atoms with van der Waals surface area (Å²) in [5, 5.41) is 11.5. The lowest BCUT2D eigenvalue weighted by Crippen LogP contribution is -2.24. The second-order valence-corrected chi connectivity index (χ2v) is 5.29. The number of fused-ring (bicyclic) bond motifs is 1. The van der Waals surface area contributed by atoms with Gasteiger partial charge in [0.1, 0.15) is 5.82 Å². The van der Waals surface area contributed by atoms with E-state index >= 15 is 0 Å². The van der Waals surface area contributed by atoms with Crippen LogP contribution in [0.3, 0.4) is 0 Å². The summed E-state index contributed by atoms with van der Waals surface area (Å²) in [5.41, 5.74) is -0.299. The number of aromatic nitrogens is 2. The molecule has 0 saturated heterocycles. The van der Waals surface area contributed by atoms with Crippen LogP contribution in [0, 0.1) is 5.82 Å². The number of hydrogen-bond acceptors (Lipinski definition) is 4. The molecule has 0 saturated carbocycles. The van der Waals surface area contributed by atoms with Crippen LogP contribution in [0.25, 0.3) is 10.9 Å². The molecular formula is C18H13FN4O3. The number of nitrogens with zero attached hydrogens (tertiary/aromatic N) is 1. The monoisotopic (exact) mass is 352 g/mol. The maximum atomic E-state index is 13.7. The summed E-state index contributed by atoms with van der Waals surface area (Å²) in [5.74, 6) is -2.04. The van der Waals surface area contributed by atoms with Crippen LogP contribution in [0.4, 0.5) is 15.8 Å². The fraction of sp³-hybridized carbons (Fsp3) is 0. The molecule has 1 aromatic heterocycles. The van der Waals surface area contributed by atoms with Gasteiger partial charge in [-0.25, -0.2) is 4.39 Å². The molecule has 0 spiro atoms. The molecule has 0 radical (unpaired) electrons. The topological polar surface area (TPSA) is 104 Å². The molecule has 8 heteroatoms. The van der Waals surface area contributed by atoms with Crippen LogP contribution in [0.15, 0.2) is 59.9 Å². The van der Waals surface area contributed by atoms with Gasteiger partial charge in [0, 0.05) is 11.1 Å². The van der Waals surface area contributed by atoms with Crippen LogP contribution >= 0.6 is 0 Å². The number of nitrogens with one attached hydrogen (secondary N) is 3. The van der Waals surface area contributed by atoms with Crippen molar-refractivity contribution >= 4 is 34.1 Å². The first-order valence-corrected chi connectivity index (χ1v) is 7.51. The molecule has 1 heterocycles. The Balaban J connectivity index is 1.90. The van der Waals surface area contributed by atoms with Gasteiger partial charge in [0.15, 0.2) is 5.69 Å². The average molecular weight is 352 g/mol. The first-order chi connectivity index (χ1) is 12.5. The summed E-state index contributed by atoms with van der Waals surface area (Å²) >= 11 is 0. The van der Waals surface area contributed by atoms with E-state index in [1.54, 1.807) is 24.3 Å². The van der Waals surface area contributed by atoms with E-state index in [2.05, 4.69) is 27.4 Å². The van der Waals surface area contributed by atoms with Gasteiger partial charge in [-0.15, -0.1) is 0 Å². The number of carbonyl (C=O) groups is 2. The highest BCUT2D eigenvalue weighted by Crippen LogP contribution is 2.20. The van der Waals surface area contributed by atoms with Crippen LogP contribution in [0.2, 0.25) is 0 Å². The van der Waals surface area contributed by atoms with E-state index < -0.39 is 23.1 Å². The lowest BCUT2D eigenvalue weighted by Gasteiger charge is -2.09. The Kier molecular flexibility index (Phi) is 4.57. The zero-order chi connectivity index (χ0) is 18.7. The third-order valence-corrected chi connectivity index (χ3v) is 3.56. The van der Waals surface area contributed by atoms with Crippen LogP contribution in [0.5, 0.6) is 0 Å². The Bertz CT molecular complexity index is 1090. The van der Waals surface area contributed by atoms with Gasteiger partial charge < -0.3 is 10.6 Å². The summed E-state index contributed by atoms with van der Waals surface area (Å²) < 4.78 is 13.7. The summed E-state index contributed by atoms with van der Waals surface area (Å²) in [6, 6.07) is 10.3. The number of halogens is 1. The third kappa shape index (κ3) is 3.34. The fourth-order valence-corrected chi connectivity index (χ4v) is 2.30. The van der Waals surface area contributed by atoms with E-state index in [1.807, 2.05) is 0 Å². The molecule has 0 unspecified atom stereocenters. The van der Waals surface area contributed by atoms with Gasteiger partial charge in [0.25, 0.3) is 5.91 Å². The minimum atomic E-state index is -0.760. The van der Waals surface area contributed by atoms with E-state index in [9.17, 15) is 18.8 Å². The molecule has 0 aliphatic heterocycles. The average Bonchev–Trinajstić information content (AvgIpc) is 2.64. The second-order valence-electron chi connectivity index (χ2n) is 5.29. The van der Waals surface area contributed by atoms with Crippen LogP contribution < -0.4 is 16.1 Å². The number of rotatable bonds is 4. The van der Waals surface area contributed by atoms with Gasteiger partial charge >= 0.3 is 0 Å². The number of carbonyl (C=O) groups excluding carboxylic acids is 2. The van der Waals surface area contributed by atoms with E-state index in [1.165, 1.54) is 12.1 Å². The SMILES string of the molecule is C=CC(=O)Nc1cc(NC(=O)c2n[nH]c3ccccc3c2=O)ccc1F. The largest absolute Gasteiger partial charge is 0.320 e. The summed E-state index contributed by atoms with van der Waals surface area (Å²) in [6.07, 6.45) is 0.989. The predicted octanol–water partition coefficient (Wildman–Crippen LogP) is 2.44. The number of H-pyrrole nitrogens is 1. The fourth-order valence-electron chi connectivity index (χ4n) is 2.30. The molecule has 7 nitrogen and oxygen atoms in total. The second kappa shape index (κ2) is 6.98. The summed E-state index contributed by atoms with van der Waals surface area (Å²) in [6.45, 7) is 3.28. The molecule has 26 heavy (non-hydrogen) atoms. The van der Waals surface area contributed by atoms with Crippen molar-refractivity contribution in [1.82, 2.24) is 10.2 Å². The maximum absolute atomic E-state index is 13.7. The predicted molar refractivity (Wildman–Crippen MR) is 95.5 cm³/mol. The number of aromatic amines is 1. The van der Waals surface area contributed by atoms with Crippen molar-refractivity contribution < 1.29 is 14.0 Å². The Hall–Kier alpha value is -3.81. The number of amides is 2. The quantitative estimate of drug-likeness (QED) is 0.627. The molecule has 0 atom stereocenters. The molecule has 0 fully saturated rings. The van der Waals surface area contributed by atoms with Crippen LogP contribution in [-0.4, -0.2) is 22.0 Å². The molecule has 3 aromatic rings. The lowest BCUT2D eigenvalue weighted by atomic mass is 10.2. The first-order valence-electron chi connectivity index (χ1n) is 7.51. The molecule has 2 aromatic carbocycles. The number of benzene rings is 2. The van der Waals surface area contributed by atoms with E-state index in [0.29, 0.717) is 10.9 Å². The van der Waals surface area contributed by atoms with Crippen LogP contribution in [0.1, 0.15) is 10.5 Å². The van der Waals surface area contributed by atoms with E-state index in [4.69, 9.17) is 0 Å². The Morgan fingerprint density at radius 1 is 1.15 bits per heavy atom. The zero-order valence-electron chi connectivity index (χ0n) is 13.4. The normalized spacial score (nSPS) is 10.3. The molecule has 0 aliphatic carbocycles. The number of anilines is 2. The molecule has 0 bridgehead atoms. The summed E-state index contributed by atoms with van der Waals surface area (Å²) in [4.78, 5) is 36.1. The molecule has 3 N–H and O–H groups in total. The van der Waals surface area contributed by atoms with E-state index in [-0.39, 0.29) is 17.1 Å². The van der Waals surface area contributed by atoms with Crippen molar-refractivity contribution in [1.29, 1.82) is 0 Å².